The second-order valence-electron chi connectivity index (χ2n) is 4.71. The summed E-state index contributed by atoms with van der Waals surface area (Å²) in [4.78, 5) is 12.8. The Balaban J connectivity index is 1.79. The summed E-state index contributed by atoms with van der Waals surface area (Å²) in [5.41, 5.74) is 0.457. The highest BCUT2D eigenvalue weighted by Gasteiger charge is 2.07. The molecule has 0 atom stereocenters. The van der Waals surface area contributed by atoms with E-state index in [0.717, 1.165) is 15.1 Å². The number of carbonyl (C=O) groups excluding carboxylic acids is 1. The summed E-state index contributed by atoms with van der Waals surface area (Å²) < 4.78 is 19.7. The molecule has 0 fully saturated rings. The van der Waals surface area contributed by atoms with Gasteiger partial charge in [-0.2, -0.15) is 0 Å². The largest absolute Gasteiger partial charge is 0.494 e. The number of rotatable bonds is 7. The van der Waals surface area contributed by atoms with Gasteiger partial charge in [-0.25, -0.2) is 4.39 Å². The van der Waals surface area contributed by atoms with E-state index in [9.17, 15) is 9.18 Å². The van der Waals surface area contributed by atoms with Crippen LogP contribution in [0.25, 0.3) is 0 Å². The van der Waals surface area contributed by atoms with Crippen molar-refractivity contribution in [1.29, 1.82) is 0 Å². The lowest BCUT2D eigenvalue weighted by Crippen LogP contribution is -2.25. The number of ether oxygens (including phenoxy) is 1. The van der Waals surface area contributed by atoms with E-state index in [1.54, 1.807) is 12.1 Å². The molecule has 2 aromatic carbocycles. The van der Waals surface area contributed by atoms with E-state index < -0.39 is 0 Å². The fraction of sp³-hybridized carbons (Fsp3) is 0.235. The van der Waals surface area contributed by atoms with Crippen molar-refractivity contribution in [1.82, 2.24) is 5.32 Å². The van der Waals surface area contributed by atoms with E-state index in [-0.39, 0.29) is 24.0 Å². The second kappa shape index (κ2) is 8.93. The Labute approximate surface area is 147 Å². The zero-order valence-electron chi connectivity index (χ0n) is 12.6. The average Bonchev–Trinajstić information content (AvgIpc) is 2.55. The SMILES string of the molecule is CCOc1ccc(SCC(=O)NCc2cc(Br)ccc2F)cc1. The first-order chi connectivity index (χ1) is 11.1. The number of carbonyl (C=O) groups is 1. The standard InChI is InChI=1S/C17H17BrFNO2S/c1-2-22-14-4-6-15(7-5-14)23-11-17(21)20-10-12-9-13(18)3-8-16(12)19/h3-9H,2,10-11H2,1H3,(H,20,21). The minimum Gasteiger partial charge on any atom is -0.494 e. The number of hydrogen-bond acceptors (Lipinski definition) is 3. The van der Waals surface area contributed by atoms with Crippen LogP contribution in [0.15, 0.2) is 51.8 Å². The predicted octanol–water partition coefficient (Wildman–Crippen LogP) is 4.40. The summed E-state index contributed by atoms with van der Waals surface area (Å²) in [7, 11) is 0. The number of thioether (sulfide) groups is 1. The molecule has 0 radical (unpaired) electrons. The molecule has 6 heteroatoms. The first kappa shape index (κ1) is 17.8. The van der Waals surface area contributed by atoms with Gasteiger partial charge in [0.25, 0.3) is 0 Å². The smallest absolute Gasteiger partial charge is 0.230 e. The molecule has 2 aromatic rings. The molecule has 122 valence electrons. The molecular formula is C17H17BrFNO2S. The fourth-order valence-corrected chi connectivity index (χ4v) is 3.01. The molecule has 23 heavy (non-hydrogen) atoms. The van der Waals surface area contributed by atoms with Crippen molar-refractivity contribution in [2.45, 2.75) is 18.4 Å². The Kier molecular flexibility index (Phi) is 6.92. The van der Waals surface area contributed by atoms with Crippen molar-refractivity contribution < 1.29 is 13.9 Å². The van der Waals surface area contributed by atoms with E-state index >= 15 is 0 Å². The minimum absolute atomic E-state index is 0.136. The van der Waals surface area contributed by atoms with E-state index in [1.807, 2.05) is 31.2 Å². The lowest BCUT2D eigenvalue weighted by atomic mass is 10.2. The lowest BCUT2D eigenvalue weighted by Gasteiger charge is -2.07. The number of nitrogens with one attached hydrogen (secondary N) is 1. The number of hydrogen-bond donors (Lipinski definition) is 1. The number of amides is 1. The maximum absolute atomic E-state index is 13.6. The summed E-state index contributed by atoms with van der Waals surface area (Å²) in [5.74, 6) is 0.631. The molecule has 1 N–H and O–H groups in total. The maximum Gasteiger partial charge on any atom is 0.230 e. The van der Waals surface area contributed by atoms with Crippen LogP contribution >= 0.6 is 27.7 Å². The third kappa shape index (κ3) is 5.88. The first-order valence-electron chi connectivity index (χ1n) is 7.14. The van der Waals surface area contributed by atoms with Crippen LogP contribution < -0.4 is 10.1 Å². The molecule has 0 aliphatic rings. The van der Waals surface area contributed by atoms with Crippen molar-refractivity contribution in [3.05, 3.63) is 58.3 Å². The molecule has 0 aromatic heterocycles. The lowest BCUT2D eigenvalue weighted by molar-refractivity contribution is -0.118. The summed E-state index contributed by atoms with van der Waals surface area (Å²) in [6, 6.07) is 12.2. The first-order valence-corrected chi connectivity index (χ1v) is 8.92. The molecule has 1 amide bonds. The Hall–Kier alpha value is -1.53. The second-order valence-corrected chi connectivity index (χ2v) is 6.67. The van der Waals surface area contributed by atoms with Gasteiger partial charge in [0, 0.05) is 21.5 Å². The van der Waals surface area contributed by atoms with Crippen LogP contribution in [-0.2, 0) is 11.3 Å². The molecule has 0 aliphatic heterocycles. The van der Waals surface area contributed by atoms with Crippen LogP contribution in [0.3, 0.4) is 0 Å². The van der Waals surface area contributed by atoms with Crippen molar-refractivity contribution in [3.8, 4) is 5.75 Å². The predicted molar refractivity (Wildman–Crippen MR) is 94.3 cm³/mol. The Morgan fingerprint density at radius 1 is 1.26 bits per heavy atom. The number of benzene rings is 2. The van der Waals surface area contributed by atoms with Gasteiger partial charge >= 0.3 is 0 Å². The normalized spacial score (nSPS) is 10.4. The summed E-state index contributed by atoms with van der Waals surface area (Å²) in [6.07, 6.45) is 0. The third-order valence-electron chi connectivity index (χ3n) is 2.99. The molecule has 0 bridgehead atoms. The quantitative estimate of drug-likeness (QED) is 0.703. The Morgan fingerprint density at radius 3 is 2.70 bits per heavy atom. The van der Waals surface area contributed by atoms with Gasteiger partial charge in [-0.3, -0.25) is 4.79 Å². The molecule has 0 saturated carbocycles. The molecule has 3 nitrogen and oxygen atoms in total. The minimum atomic E-state index is -0.326. The van der Waals surface area contributed by atoms with Gasteiger partial charge < -0.3 is 10.1 Å². The van der Waals surface area contributed by atoms with Crippen molar-refractivity contribution in [2.75, 3.05) is 12.4 Å². The van der Waals surface area contributed by atoms with Gasteiger partial charge in [-0.1, -0.05) is 15.9 Å². The highest BCUT2D eigenvalue weighted by Crippen LogP contribution is 2.21. The zero-order valence-corrected chi connectivity index (χ0v) is 15.0. The van der Waals surface area contributed by atoms with Crippen LogP contribution in [0.5, 0.6) is 5.75 Å². The van der Waals surface area contributed by atoms with Crippen LogP contribution in [0.4, 0.5) is 4.39 Å². The fourth-order valence-electron chi connectivity index (χ4n) is 1.87. The third-order valence-corrected chi connectivity index (χ3v) is 4.49. The molecule has 0 saturated heterocycles. The maximum atomic E-state index is 13.6. The van der Waals surface area contributed by atoms with Crippen molar-refractivity contribution in [2.24, 2.45) is 0 Å². The Bertz CT molecular complexity index is 664. The van der Waals surface area contributed by atoms with Crippen LogP contribution in [-0.4, -0.2) is 18.3 Å². The highest BCUT2D eigenvalue weighted by atomic mass is 79.9. The van der Waals surface area contributed by atoms with Gasteiger partial charge in [-0.05, 0) is 49.4 Å². The number of halogens is 2. The zero-order chi connectivity index (χ0) is 16.7. The molecule has 2 rings (SSSR count). The van der Waals surface area contributed by atoms with E-state index in [1.165, 1.54) is 17.8 Å². The van der Waals surface area contributed by atoms with Crippen molar-refractivity contribution in [3.63, 3.8) is 0 Å². The monoisotopic (exact) mass is 397 g/mol. The molecule has 0 aliphatic carbocycles. The topological polar surface area (TPSA) is 38.3 Å². The average molecular weight is 398 g/mol. The van der Waals surface area contributed by atoms with Gasteiger partial charge in [0.05, 0.1) is 12.4 Å². The molecule has 0 heterocycles. The van der Waals surface area contributed by atoms with Gasteiger partial charge in [0.2, 0.25) is 5.91 Å². The van der Waals surface area contributed by atoms with E-state index in [2.05, 4.69) is 21.2 Å². The molecular weight excluding hydrogens is 381 g/mol. The van der Waals surface area contributed by atoms with Gasteiger partial charge in [0.15, 0.2) is 0 Å². The summed E-state index contributed by atoms with van der Waals surface area (Å²) in [6.45, 7) is 2.73. The van der Waals surface area contributed by atoms with E-state index in [4.69, 9.17) is 4.74 Å². The molecule has 0 unspecified atom stereocenters. The van der Waals surface area contributed by atoms with Gasteiger partial charge in [0.1, 0.15) is 11.6 Å². The summed E-state index contributed by atoms with van der Waals surface area (Å²) >= 11 is 4.71. The van der Waals surface area contributed by atoms with Crippen LogP contribution in [0, 0.1) is 5.82 Å². The highest BCUT2D eigenvalue weighted by molar-refractivity contribution is 9.10. The van der Waals surface area contributed by atoms with E-state index in [0.29, 0.717) is 12.2 Å². The summed E-state index contributed by atoms with van der Waals surface area (Å²) in [5, 5.41) is 2.72. The molecule has 0 spiro atoms. The van der Waals surface area contributed by atoms with Crippen LogP contribution in [0.2, 0.25) is 0 Å². The van der Waals surface area contributed by atoms with Crippen LogP contribution in [0.1, 0.15) is 12.5 Å². The van der Waals surface area contributed by atoms with Gasteiger partial charge in [-0.15, -0.1) is 11.8 Å². The Morgan fingerprint density at radius 2 is 2.00 bits per heavy atom. The van der Waals surface area contributed by atoms with Crippen molar-refractivity contribution >= 4 is 33.6 Å².